The Morgan fingerprint density at radius 2 is 2.11 bits per heavy atom. The highest BCUT2D eigenvalue weighted by Crippen LogP contribution is 2.18. The minimum absolute atomic E-state index is 0. The molecule has 1 saturated heterocycles. The number of rotatable bonds is 3. The van der Waals surface area contributed by atoms with Crippen molar-refractivity contribution in [3.05, 3.63) is 29.0 Å². The van der Waals surface area contributed by atoms with Gasteiger partial charge < -0.3 is 10.6 Å². The number of hydrogen-bond acceptors (Lipinski definition) is 3. The Balaban J connectivity index is 0.00000180. The molecule has 1 aliphatic rings. The van der Waals surface area contributed by atoms with Crippen LogP contribution in [0.4, 0.5) is 10.1 Å². The van der Waals surface area contributed by atoms with E-state index in [-0.39, 0.29) is 23.3 Å². The summed E-state index contributed by atoms with van der Waals surface area (Å²) in [6.07, 6.45) is 0. The maximum atomic E-state index is 13.2. The second-order valence-electron chi connectivity index (χ2n) is 4.20. The van der Waals surface area contributed by atoms with Crippen molar-refractivity contribution < 1.29 is 9.18 Å². The molecule has 1 heterocycles. The van der Waals surface area contributed by atoms with E-state index >= 15 is 0 Å². The molecular weight excluding hydrogens is 292 g/mol. The molecule has 0 bridgehead atoms. The number of nitrogens with one attached hydrogen (secondary N) is 2. The topological polar surface area (TPSA) is 44.4 Å². The largest absolute Gasteiger partial charge is 0.325 e. The molecule has 0 aromatic heterocycles. The van der Waals surface area contributed by atoms with Crippen molar-refractivity contribution in [1.29, 1.82) is 0 Å². The molecule has 1 aliphatic heterocycles. The highest BCUT2D eigenvalue weighted by molar-refractivity contribution is 6.30. The SMILES string of the molecule is Cl.O=C(CN1CCNCC1)Nc1ccc(Cl)c(F)c1. The van der Waals surface area contributed by atoms with Gasteiger partial charge in [0.05, 0.1) is 11.6 Å². The molecule has 1 aromatic carbocycles. The van der Waals surface area contributed by atoms with E-state index in [1.165, 1.54) is 12.1 Å². The summed E-state index contributed by atoms with van der Waals surface area (Å²) in [5.74, 6) is -0.671. The van der Waals surface area contributed by atoms with Gasteiger partial charge >= 0.3 is 0 Å². The van der Waals surface area contributed by atoms with Gasteiger partial charge in [-0.1, -0.05) is 11.6 Å². The second-order valence-corrected chi connectivity index (χ2v) is 4.61. The smallest absolute Gasteiger partial charge is 0.238 e. The van der Waals surface area contributed by atoms with Crippen LogP contribution in [0.1, 0.15) is 0 Å². The highest BCUT2D eigenvalue weighted by atomic mass is 35.5. The summed E-state index contributed by atoms with van der Waals surface area (Å²) in [7, 11) is 0. The number of carbonyl (C=O) groups excluding carboxylic acids is 1. The number of hydrogen-bond donors (Lipinski definition) is 2. The first-order chi connectivity index (χ1) is 8.65. The zero-order valence-electron chi connectivity index (χ0n) is 10.3. The summed E-state index contributed by atoms with van der Waals surface area (Å²) < 4.78 is 13.2. The van der Waals surface area contributed by atoms with Crippen molar-refractivity contribution in [2.24, 2.45) is 0 Å². The Hall–Kier alpha value is -0.880. The van der Waals surface area contributed by atoms with E-state index in [0.717, 1.165) is 26.2 Å². The quantitative estimate of drug-likeness (QED) is 0.894. The van der Waals surface area contributed by atoms with Crippen molar-refractivity contribution >= 4 is 35.6 Å². The Labute approximate surface area is 122 Å². The van der Waals surface area contributed by atoms with Crippen LogP contribution >= 0.6 is 24.0 Å². The molecular formula is C12H16Cl2FN3O. The predicted octanol–water partition coefficient (Wildman–Crippen LogP) is 1.74. The van der Waals surface area contributed by atoms with Crippen LogP contribution in [0.25, 0.3) is 0 Å². The molecule has 2 N–H and O–H groups in total. The van der Waals surface area contributed by atoms with Crippen molar-refractivity contribution in [2.45, 2.75) is 0 Å². The minimum Gasteiger partial charge on any atom is -0.325 e. The van der Waals surface area contributed by atoms with Crippen LogP contribution in [0.2, 0.25) is 5.02 Å². The van der Waals surface area contributed by atoms with Gasteiger partial charge in [0, 0.05) is 31.9 Å². The average Bonchev–Trinajstić information content (AvgIpc) is 2.35. The molecule has 0 spiro atoms. The maximum absolute atomic E-state index is 13.2. The van der Waals surface area contributed by atoms with Gasteiger partial charge in [0.25, 0.3) is 0 Å². The summed E-state index contributed by atoms with van der Waals surface area (Å²) in [5, 5.41) is 5.92. The second kappa shape index (κ2) is 7.65. The van der Waals surface area contributed by atoms with Crippen LogP contribution in [0.3, 0.4) is 0 Å². The fourth-order valence-corrected chi connectivity index (χ4v) is 1.96. The molecule has 1 amide bonds. The summed E-state index contributed by atoms with van der Waals surface area (Å²) >= 11 is 5.57. The van der Waals surface area contributed by atoms with E-state index in [4.69, 9.17) is 11.6 Å². The summed E-state index contributed by atoms with van der Waals surface area (Å²) in [6.45, 7) is 3.81. The number of anilines is 1. The summed E-state index contributed by atoms with van der Waals surface area (Å²) in [6, 6.07) is 4.23. The molecule has 4 nitrogen and oxygen atoms in total. The first-order valence-corrected chi connectivity index (χ1v) is 6.21. The standard InChI is InChI=1S/C12H15ClFN3O.ClH/c13-10-2-1-9(7-11(10)14)16-12(18)8-17-5-3-15-4-6-17;/h1-2,7,15H,3-6,8H2,(H,16,18);1H. The molecule has 0 unspecified atom stereocenters. The van der Waals surface area contributed by atoms with E-state index in [2.05, 4.69) is 15.5 Å². The molecule has 7 heteroatoms. The van der Waals surface area contributed by atoms with Gasteiger partial charge in [-0.05, 0) is 18.2 Å². The monoisotopic (exact) mass is 307 g/mol. The normalized spacial score (nSPS) is 15.7. The van der Waals surface area contributed by atoms with E-state index in [1.54, 1.807) is 6.07 Å². The van der Waals surface area contributed by atoms with E-state index in [0.29, 0.717) is 12.2 Å². The molecule has 19 heavy (non-hydrogen) atoms. The van der Waals surface area contributed by atoms with Crippen LogP contribution in [0.15, 0.2) is 18.2 Å². The molecule has 106 valence electrons. The lowest BCUT2D eigenvalue weighted by atomic mass is 10.3. The number of piperazine rings is 1. The molecule has 2 rings (SSSR count). The van der Waals surface area contributed by atoms with Crippen LogP contribution in [0, 0.1) is 5.82 Å². The fourth-order valence-electron chi connectivity index (χ4n) is 1.85. The number of benzene rings is 1. The fraction of sp³-hybridized carbons (Fsp3) is 0.417. The lowest BCUT2D eigenvalue weighted by Gasteiger charge is -2.26. The van der Waals surface area contributed by atoms with Crippen molar-refractivity contribution in [1.82, 2.24) is 10.2 Å². The Kier molecular flexibility index (Phi) is 6.51. The first kappa shape index (κ1) is 16.2. The molecule has 1 aromatic rings. The first-order valence-electron chi connectivity index (χ1n) is 5.83. The molecule has 1 fully saturated rings. The Bertz CT molecular complexity index is 439. The molecule has 0 atom stereocenters. The van der Waals surface area contributed by atoms with Gasteiger partial charge in [-0.2, -0.15) is 0 Å². The molecule has 0 aliphatic carbocycles. The minimum atomic E-state index is -0.531. The zero-order valence-corrected chi connectivity index (χ0v) is 11.9. The lowest BCUT2D eigenvalue weighted by Crippen LogP contribution is -2.46. The van der Waals surface area contributed by atoms with Crippen LogP contribution in [-0.2, 0) is 4.79 Å². The average molecular weight is 308 g/mol. The highest BCUT2D eigenvalue weighted by Gasteiger charge is 2.13. The third-order valence-electron chi connectivity index (χ3n) is 2.78. The van der Waals surface area contributed by atoms with E-state index in [9.17, 15) is 9.18 Å². The van der Waals surface area contributed by atoms with E-state index < -0.39 is 5.82 Å². The van der Waals surface area contributed by atoms with Gasteiger partial charge in [-0.15, -0.1) is 12.4 Å². The third-order valence-corrected chi connectivity index (χ3v) is 3.09. The van der Waals surface area contributed by atoms with E-state index in [1.807, 2.05) is 0 Å². The van der Waals surface area contributed by atoms with Crippen LogP contribution in [-0.4, -0.2) is 43.5 Å². The van der Waals surface area contributed by atoms with Gasteiger partial charge in [-0.3, -0.25) is 9.69 Å². The van der Waals surface area contributed by atoms with Gasteiger partial charge in [-0.25, -0.2) is 4.39 Å². The Morgan fingerprint density at radius 1 is 1.42 bits per heavy atom. The molecule has 0 saturated carbocycles. The number of carbonyl (C=O) groups is 1. The van der Waals surface area contributed by atoms with Gasteiger partial charge in [0.15, 0.2) is 0 Å². The zero-order chi connectivity index (χ0) is 13.0. The predicted molar refractivity (Wildman–Crippen MR) is 76.6 cm³/mol. The van der Waals surface area contributed by atoms with Crippen molar-refractivity contribution in [2.75, 3.05) is 38.0 Å². The maximum Gasteiger partial charge on any atom is 0.238 e. The summed E-state index contributed by atoms with van der Waals surface area (Å²) in [4.78, 5) is 13.8. The number of amides is 1. The van der Waals surface area contributed by atoms with Crippen molar-refractivity contribution in [3.63, 3.8) is 0 Å². The van der Waals surface area contributed by atoms with Crippen LogP contribution in [0.5, 0.6) is 0 Å². The van der Waals surface area contributed by atoms with Crippen molar-refractivity contribution in [3.8, 4) is 0 Å². The lowest BCUT2D eigenvalue weighted by molar-refractivity contribution is -0.117. The summed E-state index contributed by atoms with van der Waals surface area (Å²) in [5.41, 5.74) is 0.428. The third kappa shape index (κ3) is 4.95. The van der Waals surface area contributed by atoms with Crippen LogP contribution < -0.4 is 10.6 Å². The Morgan fingerprint density at radius 3 is 2.74 bits per heavy atom. The number of nitrogens with zero attached hydrogens (tertiary/aromatic N) is 1. The number of halogens is 3. The molecule has 0 radical (unpaired) electrons. The van der Waals surface area contributed by atoms with Gasteiger partial charge in [0.1, 0.15) is 5.82 Å². The van der Waals surface area contributed by atoms with Gasteiger partial charge in [0.2, 0.25) is 5.91 Å².